The quantitative estimate of drug-likeness (QED) is 0.782. The van der Waals surface area contributed by atoms with E-state index in [1.165, 1.54) is 23.2 Å². The zero-order valence-corrected chi connectivity index (χ0v) is 17.0. The van der Waals surface area contributed by atoms with Crippen LogP contribution in [0.15, 0.2) is 40.6 Å². The zero-order valence-electron chi connectivity index (χ0n) is 15.4. The Bertz CT molecular complexity index is 1080. The molecular formula is C18H17F3N2O4S2. The summed E-state index contributed by atoms with van der Waals surface area (Å²) in [6.45, 7) is 3.36. The molecule has 2 heterocycles. The number of carbonyl (C=O) groups is 2. The average Bonchev–Trinajstić information content (AvgIpc) is 3.05. The number of carbonyl (C=O) groups excluding carboxylic acids is 2. The molecule has 1 unspecified atom stereocenters. The molecule has 29 heavy (non-hydrogen) atoms. The number of halogens is 3. The molecule has 1 fully saturated rings. The van der Waals surface area contributed by atoms with Gasteiger partial charge >= 0.3 is 6.18 Å². The number of hydrogen-bond acceptors (Lipinski definition) is 5. The molecule has 1 aliphatic rings. The maximum absolute atomic E-state index is 13.2. The lowest BCUT2D eigenvalue weighted by Gasteiger charge is -2.48. The summed E-state index contributed by atoms with van der Waals surface area (Å²) in [5, 5.41) is 1.72. The van der Waals surface area contributed by atoms with Gasteiger partial charge in [-0.15, -0.1) is 11.3 Å². The van der Waals surface area contributed by atoms with E-state index in [0.29, 0.717) is 10.9 Å². The first-order valence-electron chi connectivity index (χ1n) is 8.47. The summed E-state index contributed by atoms with van der Waals surface area (Å²) in [6.07, 6.45) is -4.72. The van der Waals surface area contributed by atoms with Crippen LogP contribution in [0, 0.1) is 6.92 Å². The van der Waals surface area contributed by atoms with Crippen molar-refractivity contribution < 1.29 is 31.2 Å². The molecule has 2 amide bonds. The standard InChI is InChI=1S/C18H17F3N2O4S2/c1-11-7-10-28-14(11)15(24)23-9-8-17(23,2)16(25)22-29(26,27)13-6-4-3-5-12(13)18(19,20)21/h3-7,10H,8-9H2,1-2H3,(H,22,25). The summed E-state index contributed by atoms with van der Waals surface area (Å²) >= 11 is 1.20. The number of hydrogen-bond donors (Lipinski definition) is 1. The second-order valence-corrected chi connectivity index (χ2v) is 9.41. The highest BCUT2D eigenvalue weighted by Crippen LogP contribution is 2.36. The van der Waals surface area contributed by atoms with Gasteiger partial charge in [-0.25, -0.2) is 13.1 Å². The summed E-state index contributed by atoms with van der Waals surface area (Å²) in [5.74, 6) is -1.47. The molecule has 2 aromatic rings. The second kappa shape index (κ2) is 7.13. The Hall–Kier alpha value is -2.40. The number of benzene rings is 1. The lowest BCUT2D eigenvalue weighted by atomic mass is 9.85. The van der Waals surface area contributed by atoms with Crippen LogP contribution in [-0.4, -0.2) is 37.2 Å². The largest absolute Gasteiger partial charge is 0.417 e. The van der Waals surface area contributed by atoms with Gasteiger partial charge in [-0.1, -0.05) is 12.1 Å². The van der Waals surface area contributed by atoms with Crippen LogP contribution in [0.2, 0.25) is 0 Å². The first-order chi connectivity index (χ1) is 13.4. The molecule has 1 N–H and O–H groups in total. The number of amides is 2. The minimum atomic E-state index is -4.91. The maximum atomic E-state index is 13.2. The third-order valence-electron chi connectivity index (χ3n) is 4.92. The van der Waals surface area contributed by atoms with Crippen molar-refractivity contribution in [2.75, 3.05) is 6.54 Å². The van der Waals surface area contributed by atoms with Gasteiger partial charge < -0.3 is 4.90 Å². The Morgan fingerprint density at radius 1 is 1.21 bits per heavy atom. The van der Waals surface area contributed by atoms with E-state index in [-0.39, 0.29) is 13.0 Å². The van der Waals surface area contributed by atoms with Crippen molar-refractivity contribution in [2.24, 2.45) is 0 Å². The van der Waals surface area contributed by atoms with Gasteiger partial charge in [0.25, 0.3) is 21.8 Å². The number of nitrogens with one attached hydrogen (secondary N) is 1. The summed E-state index contributed by atoms with van der Waals surface area (Å²) in [7, 11) is -4.80. The van der Waals surface area contributed by atoms with E-state index < -0.39 is 44.0 Å². The van der Waals surface area contributed by atoms with Crippen molar-refractivity contribution in [3.8, 4) is 0 Å². The van der Waals surface area contributed by atoms with Crippen LogP contribution in [0.4, 0.5) is 13.2 Å². The second-order valence-electron chi connectivity index (χ2n) is 6.84. The molecule has 0 aliphatic carbocycles. The van der Waals surface area contributed by atoms with Crippen LogP contribution in [0.5, 0.6) is 0 Å². The Balaban J connectivity index is 1.87. The summed E-state index contributed by atoms with van der Waals surface area (Å²) < 4.78 is 66.2. The molecule has 1 atom stereocenters. The molecule has 11 heteroatoms. The van der Waals surface area contributed by atoms with E-state index in [0.717, 1.165) is 23.8 Å². The molecule has 6 nitrogen and oxygen atoms in total. The van der Waals surface area contributed by atoms with Crippen molar-refractivity contribution >= 4 is 33.2 Å². The molecular weight excluding hydrogens is 429 g/mol. The monoisotopic (exact) mass is 446 g/mol. The smallest absolute Gasteiger partial charge is 0.323 e. The molecule has 0 bridgehead atoms. The molecule has 3 rings (SSSR count). The van der Waals surface area contributed by atoms with Gasteiger partial charge in [0.2, 0.25) is 0 Å². The topological polar surface area (TPSA) is 83.6 Å². The Labute approximate surface area is 169 Å². The van der Waals surface area contributed by atoms with Crippen molar-refractivity contribution in [3.63, 3.8) is 0 Å². The Morgan fingerprint density at radius 3 is 2.38 bits per heavy atom. The number of alkyl halides is 3. The number of thiophene rings is 1. The molecule has 1 saturated heterocycles. The van der Waals surface area contributed by atoms with Gasteiger partial charge in [0.15, 0.2) is 0 Å². The van der Waals surface area contributed by atoms with Crippen LogP contribution in [0.25, 0.3) is 0 Å². The predicted molar refractivity (Wildman–Crippen MR) is 99.9 cm³/mol. The molecule has 0 spiro atoms. The van der Waals surface area contributed by atoms with Gasteiger partial charge in [0.05, 0.1) is 15.3 Å². The van der Waals surface area contributed by atoms with E-state index in [1.807, 2.05) is 0 Å². The van der Waals surface area contributed by atoms with E-state index in [2.05, 4.69) is 0 Å². The molecule has 0 saturated carbocycles. The highest BCUT2D eigenvalue weighted by atomic mass is 32.2. The minimum Gasteiger partial charge on any atom is -0.323 e. The minimum absolute atomic E-state index is 0.186. The number of sulfonamides is 1. The van der Waals surface area contributed by atoms with Crippen LogP contribution in [0.3, 0.4) is 0 Å². The predicted octanol–water partition coefficient (Wildman–Crippen LogP) is 3.19. The van der Waals surface area contributed by atoms with Crippen molar-refractivity contribution in [1.29, 1.82) is 0 Å². The fraction of sp³-hybridized carbons (Fsp3) is 0.333. The van der Waals surface area contributed by atoms with Crippen molar-refractivity contribution in [2.45, 2.75) is 36.9 Å². The van der Waals surface area contributed by atoms with Crippen molar-refractivity contribution in [1.82, 2.24) is 9.62 Å². The maximum Gasteiger partial charge on any atom is 0.417 e. The van der Waals surface area contributed by atoms with Crippen LogP contribution >= 0.6 is 11.3 Å². The summed E-state index contributed by atoms with van der Waals surface area (Å²) in [6, 6.07) is 5.34. The fourth-order valence-electron chi connectivity index (χ4n) is 3.06. The third-order valence-corrected chi connectivity index (χ3v) is 7.31. The van der Waals surface area contributed by atoms with Gasteiger partial charge in [-0.2, -0.15) is 13.2 Å². The average molecular weight is 446 g/mol. The normalized spacial score (nSPS) is 19.6. The van der Waals surface area contributed by atoms with Gasteiger partial charge in [-0.3, -0.25) is 9.59 Å². The van der Waals surface area contributed by atoms with Crippen LogP contribution < -0.4 is 4.72 Å². The highest BCUT2D eigenvalue weighted by molar-refractivity contribution is 7.90. The van der Waals surface area contributed by atoms with Gasteiger partial charge in [-0.05, 0) is 49.4 Å². The highest BCUT2D eigenvalue weighted by Gasteiger charge is 2.51. The van der Waals surface area contributed by atoms with E-state index in [1.54, 1.807) is 23.1 Å². The Morgan fingerprint density at radius 2 is 1.86 bits per heavy atom. The Kier molecular flexibility index (Phi) is 5.24. The third kappa shape index (κ3) is 3.76. The molecule has 1 aromatic heterocycles. The lowest BCUT2D eigenvalue weighted by Crippen LogP contribution is -2.67. The van der Waals surface area contributed by atoms with Crippen LogP contribution in [0.1, 0.15) is 34.1 Å². The van der Waals surface area contributed by atoms with E-state index in [9.17, 15) is 31.2 Å². The van der Waals surface area contributed by atoms with Gasteiger partial charge in [0, 0.05) is 6.54 Å². The first kappa shape index (κ1) is 21.3. The molecule has 156 valence electrons. The van der Waals surface area contributed by atoms with E-state index >= 15 is 0 Å². The molecule has 0 radical (unpaired) electrons. The molecule has 1 aromatic carbocycles. The summed E-state index contributed by atoms with van der Waals surface area (Å²) in [5.41, 5.74) is -2.13. The molecule has 1 aliphatic heterocycles. The van der Waals surface area contributed by atoms with Crippen LogP contribution in [-0.2, 0) is 21.0 Å². The van der Waals surface area contributed by atoms with Crippen molar-refractivity contribution in [3.05, 3.63) is 51.7 Å². The van der Waals surface area contributed by atoms with E-state index in [4.69, 9.17) is 0 Å². The number of rotatable bonds is 4. The zero-order chi connectivity index (χ0) is 21.6. The number of aryl methyl sites for hydroxylation is 1. The first-order valence-corrected chi connectivity index (χ1v) is 10.8. The number of likely N-dealkylation sites (tertiary alicyclic amines) is 1. The lowest BCUT2D eigenvalue weighted by molar-refractivity contribution is -0.140. The SMILES string of the molecule is Cc1ccsc1C(=O)N1CCC1(C)C(=O)NS(=O)(=O)c1ccccc1C(F)(F)F. The summed E-state index contributed by atoms with van der Waals surface area (Å²) in [4.78, 5) is 26.0. The van der Waals surface area contributed by atoms with Gasteiger partial charge in [0.1, 0.15) is 5.54 Å². The fourth-order valence-corrected chi connectivity index (χ4v) is 5.24. The number of nitrogens with zero attached hydrogens (tertiary/aromatic N) is 1.